The number of hydrogen-bond donors (Lipinski definition) is 1. The maximum absolute atomic E-state index is 11.7. The lowest BCUT2D eigenvalue weighted by Gasteiger charge is -2.08. The van der Waals surface area contributed by atoms with Crippen molar-refractivity contribution in [3.63, 3.8) is 0 Å². The van der Waals surface area contributed by atoms with Crippen molar-refractivity contribution in [2.45, 2.75) is 32.1 Å². The molecule has 1 aliphatic carbocycles. The number of carbonyl (C=O) groups is 1. The van der Waals surface area contributed by atoms with Gasteiger partial charge in [0.25, 0.3) is 6.43 Å². The van der Waals surface area contributed by atoms with Crippen LogP contribution in [0.25, 0.3) is 0 Å². The normalized spacial score (nSPS) is 18.6. The molecular formula is C8H13F2NO. The molecule has 0 spiro atoms. The van der Waals surface area contributed by atoms with E-state index in [4.69, 9.17) is 0 Å². The van der Waals surface area contributed by atoms with Crippen LogP contribution in [0.4, 0.5) is 8.78 Å². The zero-order valence-electron chi connectivity index (χ0n) is 6.85. The van der Waals surface area contributed by atoms with Crippen LogP contribution in [-0.4, -0.2) is 18.9 Å². The first kappa shape index (κ1) is 9.42. The molecule has 0 saturated heterocycles. The molecule has 1 saturated carbocycles. The van der Waals surface area contributed by atoms with Crippen molar-refractivity contribution in [3.8, 4) is 0 Å². The van der Waals surface area contributed by atoms with Crippen LogP contribution in [0.3, 0.4) is 0 Å². The number of amides is 1. The summed E-state index contributed by atoms with van der Waals surface area (Å²) in [7, 11) is 0. The Morgan fingerprint density at radius 3 is 2.50 bits per heavy atom. The van der Waals surface area contributed by atoms with E-state index in [-0.39, 0.29) is 11.8 Å². The summed E-state index contributed by atoms with van der Waals surface area (Å²) >= 11 is 0. The molecule has 0 aromatic heterocycles. The molecule has 0 radical (unpaired) electrons. The van der Waals surface area contributed by atoms with E-state index >= 15 is 0 Å². The molecule has 12 heavy (non-hydrogen) atoms. The Labute approximate surface area is 70.3 Å². The fraction of sp³-hybridized carbons (Fsp3) is 0.875. The highest BCUT2D eigenvalue weighted by Crippen LogP contribution is 2.24. The topological polar surface area (TPSA) is 29.1 Å². The number of alkyl halides is 2. The Hall–Kier alpha value is -0.670. The molecule has 0 atom stereocenters. The summed E-state index contributed by atoms with van der Waals surface area (Å²) in [6, 6.07) is 0. The molecule has 0 bridgehead atoms. The van der Waals surface area contributed by atoms with E-state index in [1.807, 2.05) is 0 Å². The molecule has 0 aromatic carbocycles. The zero-order chi connectivity index (χ0) is 8.97. The average Bonchev–Trinajstić information content (AvgIpc) is 2.51. The lowest BCUT2D eigenvalue weighted by atomic mass is 10.1. The van der Waals surface area contributed by atoms with Crippen LogP contribution in [0, 0.1) is 5.92 Å². The van der Waals surface area contributed by atoms with Crippen LogP contribution < -0.4 is 5.32 Å². The number of hydrogen-bond acceptors (Lipinski definition) is 1. The van der Waals surface area contributed by atoms with Gasteiger partial charge in [0.15, 0.2) is 0 Å². The average molecular weight is 177 g/mol. The summed E-state index contributed by atoms with van der Waals surface area (Å²) in [4.78, 5) is 11.1. The van der Waals surface area contributed by atoms with Gasteiger partial charge in [-0.05, 0) is 12.8 Å². The molecule has 0 aromatic rings. The lowest BCUT2D eigenvalue weighted by Crippen LogP contribution is -2.32. The van der Waals surface area contributed by atoms with Gasteiger partial charge in [-0.1, -0.05) is 12.8 Å². The monoisotopic (exact) mass is 177 g/mol. The van der Waals surface area contributed by atoms with Gasteiger partial charge in [-0.15, -0.1) is 0 Å². The lowest BCUT2D eigenvalue weighted by molar-refractivity contribution is -0.125. The smallest absolute Gasteiger partial charge is 0.255 e. The highest BCUT2D eigenvalue weighted by Gasteiger charge is 2.22. The van der Waals surface area contributed by atoms with Gasteiger partial charge in [0.1, 0.15) is 0 Å². The summed E-state index contributed by atoms with van der Waals surface area (Å²) in [6.45, 7) is -0.505. The third-order valence-corrected chi connectivity index (χ3v) is 2.16. The van der Waals surface area contributed by atoms with Crippen molar-refractivity contribution in [3.05, 3.63) is 0 Å². The second-order valence-corrected chi connectivity index (χ2v) is 3.12. The minimum Gasteiger partial charge on any atom is -0.350 e. The third kappa shape index (κ3) is 2.75. The van der Waals surface area contributed by atoms with Crippen molar-refractivity contribution >= 4 is 5.91 Å². The highest BCUT2D eigenvalue weighted by molar-refractivity contribution is 5.78. The molecule has 1 fully saturated rings. The Kier molecular flexibility index (Phi) is 3.44. The number of rotatable bonds is 3. The second kappa shape index (κ2) is 4.38. The van der Waals surface area contributed by atoms with E-state index < -0.39 is 13.0 Å². The van der Waals surface area contributed by atoms with Crippen LogP contribution in [0.1, 0.15) is 25.7 Å². The van der Waals surface area contributed by atoms with E-state index in [1.165, 1.54) is 0 Å². The molecule has 1 N–H and O–H groups in total. The molecule has 2 nitrogen and oxygen atoms in total. The first-order chi connectivity index (χ1) is 5.70. The standard InChI is InChI=1S/C8H13F2NO/c9-7(10)5-11-8(12)6-3-1-2-4-6/h6-7H,1-5H2,(H,11,12). The van der Waals surface area contributed by atoms with Crippen LogP contribution in [-0.2, 0) is 4.79 Å². The summed E-state index contributed by atoms with van der Waals surface area (Å²) in [5.41, 5.74) is 0. The summed E-state index contributed by atoms with van der Waals surface area (Å²) in [5.74, 6) is -0.212. The molecule has 1 amide bonds. The van der Waals surface area contributed by atoms with Crippen molar-refractivity contribution < 1.29 is 13.6 Å². The fourth-order valence-electron chi connectivity index (χ4n) is 1.51. The Morgan fingerprint density at radius 2 is 2.00 bits per heavy atom. The van der Waals surface area contributed by atoms with Crippen molar-refractivity contribution in [1.82, 2.24) is 5.32 Å². The summed E-state index contributed by atoms with van der Waals surface area (Å²) in [6.07, 6.45) is 1.37. The van der Waals surface area contributed by atoms with Crippen LogP contribution in [0.2, 0.25) is 0 Å². The van der Waals surface area contributed by atoms with Gasteiger partial charge in [0.2, 0.25) is 5.91 Å². The minimum absolute atomic E-state index is 0.0104. The Bertz CT molecular complexity index is 155. The van der Waals surface area contributed by atoms with Gasteiger partial charge in [0, 0.05) is 5.92 Å². The third-order valence-electron chi connectivity index (χ3n) is 2.16. The van der Waals surface area contributed by atoms with Crippen molar-refractivity contribution in [2.24, 2.45) is 5.92 Å². The maximum Gasteiger partial charge on any atom is 0.255 e. The SMILES string of the molecule is O=C(NCC(F)F)C1CCCC1. The minimum atomic E-state index is -2.43. The molecule has 0 heterocycles. The first-order valence-corrected chi connectivity index (χ1v) is 4.26. The van der Waals surface area contributed by atoms with E-state index in [2.05, 4.69) is 5.32 Å². The zero-order valence-corrected chi connectivity index (χ0v) is 6.85. The highest BCUT2D eigenvalue weighted by atomic mass is 19.3. The van der Waals surface area contributed by atoms with Crippen LogP contribution in [0.15, 0.2) is 0 Å². The van der Waals surface area contributed by atoms with Crippen molar-refractivity contribution in [2.75, 3.05) is 6.54 Å². The van der Waals surface area contributed by atoms with E-state index in [1.54, 1.807) is 0 Å². The van der Waals surface area contributed by atoms with E-state index in [9.17, 15) is 13.6 Å². The summed E-state index contributed by atoms with van der Waals surface area (Å²) in [5, 5.41) is 2.24. The fourth-order valence-corrected chi connectivity index (χ4v) is 1.51. The van der Waals surface area contributed by atoms with Crippen LogP contribution in [0.5, 0.6) is 0 Å². The van der Waals surface area contributed by atoms with Crippen LogP contribution >= 0.6 is 0 Å². The van der Waals surface area contributed by atoms with E-state index in [0.717, 1.165) is 25.7 Å². The first-order valence-electron chi connectivity index (χ1n) is 4.26. The van der Waals surface area contributed by atoms with Gasteiger partial charge in [-0.2, -0.15) is 0 Å². The molecule has 70 valence electrons. The summed E-state index contributed by atoms with van der Waals surface area (Å²) < 4.78 is 23.3. The molecule has 0 aliphatic heterocycles. The quantitative estimate of drug-likeness (QED) is 0.696. The molecule has 4 heteroatoms. The van der Waals surface area contributed by atoms with Gasteiger partial charge < -0.3 is 5.32 Å². The Morgan fingerprint density at radius 1 is 1.42 bits per heavy atom. The number of halogens is 2. The van der Waals surface area contributed by atoms with Gasteiger partial charge >= 0.3 is 0 Å². The number of carbonyl (C=O) groups excluding carboxylic acids is 1. The predicted molar refractivity (Wildman–Crippen MR) is 41.0 cm³/mol. The largest absolute Gasteiger partial charge is 0.350 e. The predicted octanol–water partition coefficient (Wildman–Crippen LogP) is 1.56. The maximum atomic E-state index is 11.7. The molecule has 1 aliphatic rings. The molecular weight excluding hydrogens is 164 g/mol. The van der Waals surface area contributed by atoms with Gasteiger partial charge in [-0.25, -0.2) is 8.78 Å². The van der Waals surface area contributed by atoms with Crippen molar-refractivity contribution in [1.29, 1.82) is 0 Å². The van der Waals surface area contributed by atoms with Gasteiger partial charge in [-0.3, -0.25) is 4.79 Å². The van der Waals surface area contributed by atoms with Gasteiger partial charge in [0.05, 0.1) is 6.54 Å². The number of nitrogens with one attached hydrogen (secondary N) is 1. The molecule has 0 unspecified atom stereocenters. The Balaban J connectivity index is 2.18. The second-order valence-electron chi connectivity index (χ2n) is 3.12. The van der Waals surface area contributed by atoms with E-state index in [0.29, 0.717) is 0 Å². The molecule has 1 rings (SSSR count).